The van der Waals surface area contributed by atoms with Crippen LogP contribution in [0.15, 0.2) is 35.3 Å². The molecule has 1 N–H and O–H groups in total. The molecule has 0 radical (unpaired) electrons. The molecule has 0 spiro atoms. The van der Waals surface area contributed by atoms with Crippen LogP contribution in [0.4, 0.5) is 0 Å². The van der Waals surface area contributed by atoms with Crippen LogP contribution in [-0.2, 0) is 13.0 Å². The molecule has 0 aliphatic heterocycles. The molecule has 6 nitrogen and oxygen atoms in total. The number of amides is 1. The lowest BCUT2D eigenvalue weighted by molar-refractivity contribution is 0.0920. The molecule has 30 heavy (non-hydrogen) atoms. The summed E-state index contributed by atoms with van der Waals surface area (Å²) in [6, 6.07) is 7.81. The number of methoxy groups -OCH3 is 2. The van der Waals surface area contributed by atoms with Gasteiger partial charge in [0, 0.05) is 18.8 Å². The number of aromatic nitrogens is 1. The van der Waals surface area contributed by atoms with Crippen molar-refractivity contribution in [1.82, 2.24) is 9.88 Å². The number of pyridine rings is 1. The molecular weight excluding hydrogens is 380 g/mol. The van der Waals surface area contributed by atoms with Gasteiger partial charge in [-0.05, 0) is 73.8 Å². The first kappa shape index (κ1) is 20.5. The first-order chi connectivity index (χ1) is 14.5. The fourth-order valence-electron chi connectivity index (χ4n) is 5.07. The minimum absolute atomic E-state index is 0.218. The molecule has 1 aromatic carbocycles. The van der Waals surface area contributed by atoms with Gasteiger partial charge in [-0.2, -0.15) is 0 Å². The maximum Gasteiger partial charge on any atom is 0.263 e. The van der Waals surface area contributed by atoms with Gasteiger partial charge < -0.3 is 19.4 Å². The standard InChI is InChI=1S/C24H30N2O4/c1-15-8-10-26(11-9-16-5-7-20(29-2)21(14-16)30-3)24(28)22(15)23(27)25-19-13-17-4-6-18(19)12-17/h5,7-8,10,14,17-19H,4,6,9,11-13H2,1-3H3,(H,25,27)/t17-,18+,19-/m1/s1. The SMILES string of the molecule is COc1ccc(CCn2ccc(C)c(C(=O)N[C@@H]3C[C@@H]4CC[C@H]3C4)c2=O)cc1OC. The van der Waals surface area contributed by atoms with Gasteiger partial charge in [-0.1, -0.05) is 12.5 Å². The smallest absolute Gasteiger partial charge is 0.263 e. The van der Waals surface area contributed by atoms with E-state index < -0.39 is 0 Å². The van der Waals surface area contributed by atoms with Crippen molar-refractivity contribution in [3.63, 3.8) is 0 Å². The number of aryl methyl sites for hydroxylation is 3. The predicted molar refractivity (Wildman–Crippen MR) is 115 cm³/mol. The second-order valence-electron chi connectivity index (χ2n) is 8.57. The number of rotatable bonds is 7. The Morgan fingerprint density at radius 3 is 2.60 bits per heavy atom. The Labute approximate surface area is 177 Å². The highest BCUT2D eigenvalue weighted by Gasteiger charge is 2.40. The van der Waals surface area contributed by atoms with E-state index in [4.69, 9.17) is 9.47 Å². The van der Waals surface area contributed by atoms with Gasteiger partial charge in [-0.15, -0.1) is 0 Å². The van der Waals surface area contributed by atoms with Crippen molar-refractivity contribution in [3.8, 4) is 11.5 Å². The first-order valence-electron chi connectivity index (χ1n) is 10.7. The second-order valence-corrected chi connectivity index (χ2v) is 8.57. The zero-order valence-corrected chi connectivity index (χ0v) is 17.9. The van der Waals surface area contributed by atoms with Crippen LogP contribution in [0, 0.1) is 18.8 Å². The Kier molecular flexibility index (Phi) is 5.84. The number of nitrogens with zero attached hydrogens (tertiary/aromatic N) is 1. The monoisotopic (exact) mass is 410 g/mol. The summed E-state index contributed by atoms with van der Waals surface area (Å²) in [5, 5.41) is 3.15. The number of ether oxygens (including phenoxy) is 2. The van der Waals surface area contributed by atoms with Crippen LogP contribution in [0.5, 0.6) is 11.5 Å². The highest BCUT2D eigenvalue weighted by molar-refractivity contribution is 5.95. The van der Waals surface area contributed by atoms with E-state index in [1.54, 1.807) is 25.0 Å². The maximum atomic E-state index is 13.1. The summed E-state index contributed by atoms with van der Waals surface area (Å²) >= 11 is 0. The fourth-order valence-corrected chi connectivity index (χ4v) is 5.07. The molecule has 2 bridgehead atoms. The summed E-state index contributed by atoms with van der Waals surface area (Å²) in [4.78, 5) is 26.0. The van der Waals surface area contributed by atoms with E-state index in [1.807, 2.05) is 31.2 Å². The number of nitrogens with one attached hydrogen (secondary N) is 1. The summed E-state index contributed by atoms with van der Waals surface area (Å²) in [5.41, 5.74) is 1.81. The Morgan fingerprint density at radius 1 is 1.13 bits per heavy atom. The molecule has 4 rings (SSSR count). The zero-order chi connectivity index (χ0) is 21.3. The Hall–Kier alpha value is -2.76. The molecule has 1 aromatic heterocycles. The van der Waals surface area contributed by atoms with Crippen molar-refractivity contribution in [2.75, 3.05) is 14.2 Å². The summed E-state index contributed by atoms with van der Waals surface area (Å²) in [7, 11) is 3.21. The minimum atomic E-state index is -0.226. The molecule has 2 fully saturated rings. The molecule has 0 unspecified atom stereocenters. The minimum Gasteiger partial charge on any atom is -0.493 e. The Balaban J connectivity index is 1.48. The molecule has 1 heterocycles. The van der Waals surface area contributed by atoms with E-state index in [9.17, 15) is 9.59 Å². The van der Waals surface area contributed by atoms with Gasteiger partial charge in [0.25, 0.3) is 11.5 Å². The largest absolute Gasteiger partial charge is 0.493 e. The predicted octanol–water partition coefficient (Wildman–Crippen LogP) is 3.34. The molecule has 2 aliphatic rings. The Bertz CT molecular complexity index is 997. The van der Waals surface area contributed by atoms with Crippen molar-refractivity contribution < 1.29 is 14.3 Å². The van der Waals surface area contributed by atoms with Gasteiger partial charge in [0.1, 0.15) is 5.56 Å². The lowest BCUT2D eigenvalue weighted by atomic mass is 9.95. The average Bonchev–Trinajstić information content (AvgIpc) is 3.36. The van der Waals surface area contributed by atoms with Crippen LogP contribution in [0.2, 0.25) is 0 Å². The van der Waals surface area contributed by atoms with E-state index in [0.29, 0.717) is 30.4 Å². The third kappa shape index (κ3) is 3.95. The third-order valence-electron chi connectivity index (χ3n) is 6.74. The molecule has 2 saturated carbocycles. The highest BCUT2D eigenvalue weighted by atomic mass is 16.5. The second kappa shape index (κ2) is 8.54. The van der Waals surface area contributed by atoms with E-state index in [-0.39, 0.29) is 23.1 Å². The number of hydrogen-bond donors (Lipinski definition) is 1. The van der Waals surface area contributed by atoms with Crippen molar-refractivity contribution in [3.05, 3.63) is 57.5 Å². The number of benzene rings is 1. The lowest BCUT2D eigenvalue weighted by Gasteiger charge is -2.23. The van der Waals surface area contributed by atoms with Crippen molar-refractivity contribution in [2.45, 2.75) is 51.6 Å². The number of carbonyl (C=O) groups is 1. The number of carbonyl (C=O) groups excluding carboxylic acids is 1. The first-order valence-corrected chi connectivity index (χ1v) is 10.7. The van der Waals surface area contributed by atoms with Gasteiger partial charge in [-0.25, -0.2) is 0 Å². The summed E-state index contributed by atoms with van der Waals surface area (Å²) in [6.07, 6.45) is 7.16. The third-order valence-corrected chi connectivity index (χ3v) is 6.74. The van der Waals surface area contributed by atoms with Gasteiger partial charge in [0.15, 0.2) is 11.5 Å². The lowest BCUT2D eigenvalue weighted by Crippen LogP contribution is -2.42. The molecule has 160 valence electrons. The molecule has 3 atom stereocenters. The van der Waals surface area contributed by atoms with Gasteiger partial charge in [-0.3, -0.25) is 9.59 Å². The van der Waals surface area contributed by atoms with Gasteiger partial charge >= 0.3 is 0 Å². The average molecular weight is 411 g/mol. The van der Waals surface area contributed by atoms with E-state index in [0.717, 1.165) is 23.5 Å². The van der Waals surface area contributed by atoms with Crippen LogP contribution in [-0.4, -0.2) is 30.7 Å². The molecule has 2 aliphatic carbocycles. The molecule has 0 saturated heterocycles. The molecule has 6 heteroatoms. The summed E-state index contributed by atoms with van der Waals surface area (Å²) in [6.45, 7) is 2.32. The van der Waals surface area contributed by atoms with E-state index >= 15 is 0 Å². The van der Waals surface area contributed by atoms with Crippen molar-refractivity contribution >= 4 is 5.91 Å². The van der Waals surface area contributed by atoms with Gasteiger partial charge in [0.05, 0.1) is 14.2 Å². The van der Waals surface area contributed by atoms with Crippen molar-refractivity contribution in [2.24, 2.45) is 11.8 Å². The summed E-state index contributed by atoms with van der Waals surface area (Å²) < 4.78 is 12.3. The highest BCUT2D eigenvalue weighted by Crippen LogP contribution is 2.44. The van der Waals surface area contributed by atoms with E-state index in [1.165, 1.54) is 19.3 Å². The topological polar surface area (TPSA) is 69.6 Å². The normalized spacial score (nSPS) is 22.2. The number of fused-ring (bicyclic) bond motifs is 2. The fraction of sp³-hybridized carbons (Fsp3) is 0.500. The van der Waals surface area contributed by atoms with Crippen LogP contribution in [0.3, 0.4) is 0 Å². The van der Waals surface area contributed by atoms with Crippen LogP contribution in [0.25, 0.3) is 0 Å². The van der Waals surface area contributed by atoms with Crippen LogP contribution in [0.1, 0.15) is 47.2 Å². The van der Waals surface area contributed by atoms with Crippen LogP contribution >= 0.6 is 0 Å². The molecule has 1 amide bonds. The molecular formula is C24H30N2O4. The quantitative estimate of drug-likeness (QED) is 0.760. The molecule has 2 aromatic rings. The van der Waals surface area contributed by atoms with E-state index in [2.05, 4.69) is 5.32 Å². The number of hydrogen-bond acceptors (Lipinski definition) is 4. The Morgan fingerprint density at radius 2 is 1.93 bits per heavy atom. The summed E-state index contributed by atoms with van der Waals surface area (Å²) in [5.74, 6) is 2.44. The maximum absolute atomic E-state index is 13.1. The van der Waals surface area contributed by atoms with Gasteiger partial charge in [0.2, 0.25) is 0 Å². The zero-order valence-electron chi connectivity index (χ0n) is 17.9. The van der Waals surface area contributed by atoms with Crippen molar-refractivity contribution in [1.29, 1.82) is 0 Å². The van der Waals surface area contributed by atoms with Crippen LogP contribution < -0.4 is 20.3 Å².